The molecule has 1 atom stereocenters. The number of benzene rings is 1. The molecule has 3 nitrogen and oxygen atoms in total. The molecule has 0 saturated heterocycles. The van der Waals surface area contributed by atoms with Gasteiger partial charge in [0.05, 0.1) is 11.8 Å². The second-order valence-electron chi connectivity index (χ2n) is 3.92. The first kappa shape index (κ1) is 11.8. The average Bonchev–Trinajstić information content (AvgIpc) is 2.76. The van der Waals surface area contributed by atoms with Crippen molar-refractivity contribution in [2.24, 2.45) is 0 Å². The quantitative estimate of drug-likeness (QED) is 0.886. The molecule has 0 aliphatic carbocycles. The minimum Gasteiger partial charge on any atom is -0.389 e. The molecule has 0 amide bonds. The molecule has 4 heteroatoms. The smallest absolute Gasteiger partial charge is 0.147 e. The van der Waals surface area contributed by atoms with Crippen LogP contribution in [-0.4, -0.2) is 14.7 Å². The normalized spacial score (nSPS) is 12.7. The van der Waals surface area contributed by atoms with E-state index in [1.165, 1.54) is 6.07 Å². The van der Waals surface area contributed by atoms with E-state index in [0.29, 0.717) is 17.7 Å². The molecule has 0 radical (unpaired) electrons. The van der Waals surface area contributed by atoms with Gasteiger partial charge in [-0.1, -0.05) is 19.1 Å². The molecule has 17 heavy (non-hydrogen) atoms. The number of hydrogen-bond donors (Lipinski definition) is 1. The highest BCUT2D eigenvalue weighted by molar-refractivity contribution is 5.44. The highest BCUT2D eigenvalue weighted by atomic mass is 19.1. The Labute approximate surface area is 99.5 Å². The Morgan fingerprint density at radius 3 is 2.88 bits per heavy atom. The van der Waals surface area contributed by atoms with E-state index in [-0.39, 0.29) is 5.82 Å². The number of nitrogens with zero attached hydrogens (tertiary/aromatic N) is 2. The number of rotatable bonds is 3. The van der Waals surface area contributed by atoms with Gasteiger partial charge in [-0.15, -0.1) is 0 Å². The molecule has 0 unspecified atom stereocenters. The minimum absolute atomic E-state index is 0.351. The van der Waals surface area contributed by atoms with Crippen LogP contribution in [0, 0.1) is 5.82 Å². The fourth-order valence-corrected chi connectivity index (χ4v) is 1.92. The van der Waals surface area contributed by atoms with Gasteiger partial charge in [0.2, 0.25) is 0 Å². The zero-order valence-corrected chi connectivity index (χ0v) is 9.89. The van der Waals surface area contributed by atoms with Crippen molar-refractivity contribution in [1.82, 2.24) is 9.55 Å². The molecule has 90 valence electrons. The Morgan fingerprint density at radius 1 is 1.47 bits per heavy atom. The monoisotopic (exact) mass is 234 g/mol. The van der Waals surface area contributed by atoms with Gasteiger partial charge < -0.3 is 9.67 Å². The number of aliphatic hydroxyl groups is 1. The molecule has 0 saturated carbocycles. The summed E-state index contributed by atoms with van der Waals surface area (Å²) in [6.07, 6.45) is 3.34. The molecule has 0 aliphatic heterocycles. The van der Waals surface area contributed by atoms with Crippen LogP contribution in [0.3, 0.4) is 0 Å². The van der Waals surface area contributed by atoms with E-state index in [1.54, 1.807) is 36.0 Å². The lowest BCUT2D eigenvalue weighted by Gasteiger charge is -2.15. The average molecular weight is 234 g/mol. The van der Waals surface area contributed by atoms with Crippen molar-refractivity contribution in [2.75, 3.05) is 0 Å². The van der Waals surface area contributed by atoms with Gasteiger partial charge in [0.15, 0.2) is 0 Å². The van der Waals surface area contributed by atoms with Crippen molar-refractivity contribution < 1.29 is 9.50 Å². The largest absolute Gasteiger partial charge is 0.389 e. The second-order valence-corrected chi connectivity index (χ2v) is 3.92. The maximum absolute atomic E-state index is 13.9. The van der Waals surface area contributed by atoms with Crippen molar-refractivity contribution in [2.45, 2.75) is 26.4 Å². The van der Waals surface area contributed by atoms with Crippen LogP contribution in [0.4, 0.5) is 4.39 Å². The van der Waals surface area contributed by atoms with Gasteiger partial charge in [-0.25, -0.2) is 9.37 Å². The van der Waals surface area contributed by atoms with Gasteiger partial charge in [0.25, 0.3) is 0 Å². The number of imidazole rings is 1. The van der Waals surface area contributed by atoms with Crippen LogP contribution in [0.1, 0.15) is 31.3 Å². The molecular weight excluding hydrogens is 219 g/mol. The molecule has 1 N–H and O–H groups in total. The van der Waals surface area contributed by atoms with Gasteiger partial charge in [0, 0.05) is 24.4 Å². The van der Waals surface area contributed by atoms with Crippen LogP contribution in [0.2, 0.25) is 0 Å². The van der Waals surface area contributed by atoms with Gasteiger partial charge in [-0.05, 0) is 13.0 Å². The zero-order valence-electron chi connectivity index (χ0n) is 9.89. The van der Waals surface area contributed by atoms with Crippen LogP contribution in [0.5, 0.6) is 0 Å². The summed E-state index contributed by atoms with van der Waals surface area (Å²) in [6.45, 7) is 3.59. The molecule has 1 heterocycles. The summed E-state index contributed by atoms with van der Waals surface area (Å²) >= 11 is 0. The number of hydrogen-bond acceptors (Lipinski definition) is 2. The SMILES string of the molecule is CCc1nccn1-c1c(F)cccc1[C@H](C)O. The summed E-state index contributed by atoms with van der Waals surface area (Å²) < 4.78 is 15.6. The number of para-hydroxylation sites is 1. The highest BCUT2D eigenvalue weighted by Gasteiger charge is 2.15. The Balaban J connectivity index is 2.65. The van der Waals surface area contributed by atoms with E-state index in [1.807, 2.05) is 6.92 Å². The van der Waals surface area contributed by atoms with Crippen molar-refractivity contribution in [3.63, 3.8) is 0 Å². The van der Waals surface area contributed by atoms with E-state index < -0.39 is 6.10 Å². The lowest BCUT2D eigenvalue weighted by molar-refractivity contribution is 0.198. The van der Waals surface area contributed by atoms with Gasteiger partial charge >= 0.3 is 0 Å². The molecule has 1 aromatic heterocycles. The molecule has 0 bridgehead atoms. The number of aromatic nitrogens is 2. The van der Waals surface area contributed by atoms with E-state index >= 15 is 0 Å². The predicted octanol–water partition coefficient (Wildman–Crippen LogP) is 2.63. The Kier molecular flexibility index (Phi) is 3.24. The molecular formula is C13H15FN2O. The minimum atomic E-state index is -0.715. The predicted molar refractivity (Wildman–Crippen MR) is 63.5 cm³/mol. The van der Waals surface area contributed by atoms with Crippen molar-refractivity contribution in [3.05, 3.63) is 47.8 Å². The fraction of sp³-hybridized carbons (Fsp3) is 0.308. The van der Waals surface area contributed by atoms with Gasteiger partial charge in [-0.3, -0.25) is 0 Å². The second kappa shape index (κ2) is 4.67. The molecule has 0 fully saturated rings. The lowest BCUT2D eigenvalue weighted by atomic mass is 10.1. The zero-order chi connectivity index (χ0) is 12.4. The topological polar surface area (TPSA) is 38.0 Å². The molecule has 2 rings (SSSR count). The van der Waals surface area contributed by atoms with E-state index in [2.05, 4.69) is 4.98 Å². The van der Waals surface area contributed by atoms with Crippen LogP contribution in [0.15, 0.2) is 30.6 Å². The van der Waals surface area contributed by atoms with Gasteiger partial charge in [0.1, 0.15) is 11.6 Å². The standard InChI is InChI=1S/C13H15FN2O/c1-3-12-15-7-8-16(12)13-10(9(2)17)5-4-6-11(13)14/h4-9,17H,3H2,1-2H3/t9-/m0/s1. The highest BCUT2D eigenvalue weighted by Crippen LogP contribution is 2.25. The van der Waals surface area contributed by atoms with E-state index in [4.69, 9.17) is 0 Å². The molecule has 0 spiro atoms. The van der Waals surface area contributed by atoms with Crippen LogP contribution >= 0.6 is 0 Å². The first-order valence-electron chi connectivity index (χ1n) is 5.64. The Bertz CT molecular complexity index is 520. The van der Waals surface area contributed by atoms with Gasteiger partial charge in [-0.2, -0.15) is 0 Å². The van der Waals surface area contributed by atoms with Crippen molar-refractivity contribution >= 4 is 0 Å². The third-order valence-corrected chi connectivity index (χ3v) is 2.74. The Hall–Kier alpha value is -1.68. The summed E-state index contributed by atoms with van der Waals surface area (Å²) in [6, 6.07) is 4.71. The summed E-state index contributed by atoms with van der Waals surface area (Å²) in [7, 11) is 0. The van der Waals surface area contributed by atoms with Crippen LogP contribution in [0.25, 0.3) is 5.69 Å². The van der Waals surface area contributed by atoms with Crippen LogP contribution < -0.4 is 0 Å². The first-order chi connectivity index (χ1) is 8.15. The van der Waals surface area contributed by atoms with Crippen molar-refractivity contribution in [1.29, 1.82) is 0 Å². The van der Waals surface area contributed by atoms with E-state index in [0.717, 1.165) is 5.82 Å². The molecule has 0 aliphatic rings. The number of halogens is 1. The van der Waals surface area contributed by atoms with Crippen LogP contribution in [-0.2, 0) is 6.42 Å². The molecule has 1 aromatic carbocycles. The lowest BCUT2D eigenvalue weighted by Crippen LogP contribution is -2.07. The fourth-order valence-electron chi connectivity index (χ4n) is 1.92. The summed E-state index contributed by atoms with van der Waals surface area (Å²) in [5.41, 5.74) is 0.953. The number of aliphatic hydroxyl groups excluding tert-OH is 1. The summed E-state index contributed by atoms with van der Waals surface area (Å²) in [5, 5.41) is 9.69. The molecule has 2 aromatic rings. The van der Waals surface area contributed by atoms with E-state index in [9.17, 15) is 9.50 Å². The van der Waals surface area contributed by atoms with Crippen molar-refractivity contribution in [3.8, 4) is 5.69 Å². The maximum atomic E-state index is 13.9. The third-order valence-electron chi connectivity index (χ3n) is 2.74. The maximum Gasteiger partial charge on any atom is 0.147 e. The third kappa shape index (κ3) is 2.08. The Morgan fingerprint density at radius 2 is 2.24 bits per heavy atom. The number of aryl methyl sites for hydroxylation is 1. The first-order valence-corrected chi connectivity index (χ1v) is 5.64. The summed E-state index contributed by atoms with van der Waals surface area (Å²) in [4.78, 5) is 4.17. The summed E-state index contributed by atoms with van der Waals surface area (Å²) in [5.74, 6) is 0.424.